The van der Waals surface area contributed by atoms with Gasteiger partial charge in [0.15, 0.2) is 0 Å². The molecular formula is C34H36FN3O4S. The van der Waals surface area contributed by atoms with Crippen molar-refractivity contribution in [2.24, 2.45) is 0 Å². The third kappa shape index (κ3) is 7.67. The summed E-state index contributed by atoms with van der Waals surface area (Å²) in [6.45, 7) is 5.25. The molecule has 0 fully saturated rings. The highest BCUT2D eigenvalue weighted by Crippen LogP contribution is 2.29. The molecule has 1 unspecified atom stereocenters. The number of anilines is 1. The standard InChI is InChI=1S/C34H36FN3O4S/c1-4-36-34(40)32(22-27-13-7-5-8-14-27)37(23-28-18-20-29(35)21-19-28)33(39)24-38(31-17-11-12-25(2)26(31)3)43(41,42)30-15-9-6-10-16-30/h5-21,32H,4,22-24H2,1-3H3,(H,36,40). The molecule has 0 heterocycles. The molecule has 0 saturated carbocycles. The van der Waals surface area contributed by atoms with E-state index >= 15 is 0 Å². The zero-order valence-corrected chi connectivity index (χ0v) is 25.4. The number of likely N-dealkylation sites (N-methyl/N-ethyl adjacent to an activating group) is 1. The molecule has 4 aromatic rings. The highest BCUT2D eigenvalue weighted by molar-refractivity contribution is 7.92. The van der Waals surface area contributed by atoms with Crippen molar-refractivity contribution in [3.63, 3.8) is 0 Å². The lowest BCUT2D eigenvalue weighted by Gasteiger charge is -2.34. The number of nitrogens with one attached hydrogen (secondary N) is 1. The Labute approximate surface area is 253 Å². The minimum Gasteiger partial charge on any atom is -0.355 e. The predicted molar refractivity (Wildman–Crippen MR) is 166 cm³/mol. The quantitative estimate of drug-likeness (QED) is 0.235. The van der Waals surface area contributed by atoms with Gasteiger partial charge in [-0.25, -0.2) is 12.8 Å². The van der Waals surface area contributed by atoms with Gasteiger partial charge in [-0.3, -0.25) is 13.9 Å². The predicted octanol–water partition coefficient (Wildman–Crippen LogP) is 5.41. The molecule has 2 amide bonds. The normalized spacial score (nSPS) is 11.9. The van der Waals surface area contributed by atoms with E-state index < -0.39 is 34.3 Å². The lowest BCUT2D eigenvalue weighted by atomic mass is 10.0. The van der Waals surface area contributed by atoms with Crippen LogP contribution in [0.5, 0.6) is 0 Å². The second-order valence-electron chi connectivity index (χ2n) is 10.3. The number of nitrogens with zero attached hydrogens (tertiary/aromatic N) is 2. The van der Waals surface area contributed by atoms with Crippen LogP contribution in [0.2, 0.25) is 0 Å². The van der Waals surface area contributed by atoms with E-state index in [1.807, 2.05) is 50.2 Å². The zero-order valence-electron chi connectivity index (χ0n) is 24.5. The Morgan fingerprint density at radius 2 is 1.44 bits per heavy atom. The van der Waals surface area contributed by atoms with Gasteiger partial charge in [-0.1, -0.05) is 72.8 Å². The van der Waals surface area contributed by atoms with Gasteiger partial charge < -0.3 is 10.2 Å². The van der Waals surface area contributed by atoms with Crippen molar-refractivity contribution in [1.29, 1.82) is 0 Å². The average molecular weight is 602 g/mol. The minimum atomic E-state index is -4.18. The van der Waals surface area contributed by atoms with Crippen molar-refractivity contribution in [3.8, 4) is 0 Å². The first-order chi connectivity index (χ1) is 20.6. The van der Waals surface area contributed by atoms with Gasteiger partial charge in [0, 0.05) is 19.5 Å². The van der Waals surface area contributed by atoms with E-state index in [-0.39, 0.29) is 23.8 Å². The summed E-state index contributed by atoms with van der Waals surface area (Å²) in [4.78, 5) is 29.3. The van der Waals surface area contributed by atoms with Crippen molar-refractivity contribution in [3.05, 3.63) is 131 Å². The lowest BCUT2D eigenvalue weighted by molar-refractivity contribution is -0.140. The van der Waals surface area contributed by atoms with Crippen LogP contribution < -0.4 is 9.62 Å². The van der Waals surface area contributed by atoms with Crippen molar-refractivity contribution in [1.82, 2.24) is 10.2 Å². The number of hydrogen-bond acceptors (Lipinski definition) is 4. The van der Waals surface area contributed by atoms with Gasteiger partial charge in [0.25, 0.3) is 10.0 Å². The van der Waals surface area contributed by atoms with Crippen LogP contribution in [0.25, 0.3) is 0 Å². The van der Waals surface area contributed by atoms with Crippen LogP contribution in [0.4, 0.5) is 10.1 Å². The number of aryl methyl sites for hydroxylation is 1. The van der Waals surface area contributed by atoms with Gasteiger partial charge in [-0.05, 0) is 73.4 Å². The van der Waals surface area contributed by atoms with Crippen LogP contribution in [-0.2, 0) is 32.6 Å². The Bertz CT molecular complexity index is 1650. The summed E-state index contributed by atoms with van der Waals surface area (Å²) in [5.41, 5.74) is 3.38. The second-order valence-corrected chi connectivity index (χ2v) is 12.2. The molecule has 0 bridgehead atoms. The Morgan fingerprint density at radius 1 is 0.814 bits per heavy atom. The van der Waals surface area contributed by atoms with E-state index in [2.05, 4.69) is 5.32 Å². The van der Waals surface area contributed by atoms with Crippen LogP contribution in [-0.4, -0.2) is 44.3 Å². The Kier molecular flexibility index (Phi) is 10.3. The van der Waals surface area contributed by atoms with Gasteiger partial charge in [0.2, 0.25) is 11.8 Å². The summed E-state index contributed by atoms with van der Waals surface area (Å²) in [6.07, 6.45) is 0.203. The first-order valence-electron chi connectivity index (χ1n) is 14.1. The Balaban J connectivity index is 1.81. The Morgan fingerprint density at radius 3 is 2.07 bits per heavy atom. The fraction of sp³-hybridized carbons (Fsp3) is 0.235. The summed E-state index contributed by atoms with van der Waals surface area (Å²) in [6, 6.07) is 27.3. The van der Waals surface area contributed by atoms with E-state index in [0.717, 1.165) is 15.4 Å². The third-order valence-corrected chi connectivity index (χ3v) is 9.12. The van der Waals surface area contributed by atoms with Crippen molar-refractivity contribution in [2.45, 2.75) is 44.7 Å². The first-order valence-corrected chi connectivity index (χ1v) is 15.6. The largest absolute Gasteiger partial charge is 0.355 e. The van der Waals surface area contributed by atoms with Crippen LogP contribution >= 0.6 is 0 Å². The van der Waals surface area contributed by atoms with Gasteiger partial charge in [-0.2, -0.15) is 0 Å². The van der Waals surface area contributed by atoms with E-state index in [4.69, 9.17) is 0 Å². The summed E-state index contributed by atoms with van der Waals surface area (Å²) in [5, 5.41) is 2.83. The SMILES string of the molecule is CCNC(=O)C(Cc1ccccc1)N(Cc1ccc(F)cc1)C(=O)CN(c1cccc(C)c1C)S(=O)(=O)c1ccccc1. The van der Waals surface area contributed by atoms with Gasteiger partial charge in [-0.15, -0.1) is 0 Å². The molecule has 1 N–H and O–H groups in total. The van der Waals surface area contributed by atoms with E-state index in [1.165, 1.54) is 29.2 Å². The number of amides is 2. The van der Waals surface area contributed by atoms with E-state index in [0.29, 0.717) is 23.4 Å². The maximum Gasteiger partial charge on any atom is 0.264 e. The molecule has 0 spiro atoms. The molecule has 0 saturated heterocycles. The number of halogens is 1. The van der Waals surface area contributed by atoms with Crippen molar-refractivity contribution in [2.75, 3.05) is 17.4 Å². The number of benzene rings is 4. The van der Waals surface area contributed by atoms with Crippen molar-refractivity contribution < 1.29 is 22.4 Å². The number of rotatable bonds is 12. The van der Waals surface area contributed by atoms with E-state index in [1.54, 1.807) is 49.4 Å². The maximum absolute atomic E-state index is 14.4. The molecule has 0 aliphatic heterocycles. The van der Waals surface area contributed by atoms with Crippen molar-refractivity contribution >= 4 is 27.5 Å². The van der Waals surface area contributed by atoms with Gasteiger partial charge in [0.05, 0.1) is 10.6 Å². The molecule has 4 rings (SSSR count). The van der Waals surface area contributed by atoms with Gasteiger partial charge >= 0.3 is 0 Å². The highest BCUT2D eigenvalue weighted by atomic mass is 32.2. The topological polar surface area (TPSA) is 86.8 Å². The lowest BCUT2D eigenvalue weighted by Crippen LogP contribution is -2.53. The van der Waals surface area contributed by atoms with Crippen LogP contribution in [0.3, 0.4) is 0 Å². The molecule has 0 aliphatic rings. The molecule has 224 valence electrons. The summed E-state index contributed by atoms with van der Waals surface area (Å²) in [7, 11) is -4.18. The number of carbonyl (C=O) groups excluding carboxylic acids is 2. The molecule has 4 aromatic carbocycles. The van der Waals surface area contributed by atoms with Crippen LogP contribution in [0.1, 0.15) is 29.2 Å². The fourth-order valence-corrected chi connectivity index (χ4v) is 6.36. The molecule has 43 heavy (non-hydrogen) atoms. The molecule has 9 heteroatoms. The molecular weight excluding hydrogens is 565 g/mol. The fourth-order valence-electron chi connectivity index (χ4n) is 4.87. The van der Waals surface area contributed by atoms with E-state index in [9.17, 15) is 22.4 Å². The smallest absolute Gasteiger partial charge is 0.264 e. The average Bonchev–Trinajstić information content (AvgIpc) is 3.01. The zero-order chi connectivity index (χ0) is 31.0. The number of hydrogen-bond donors (Lipinski definition) is 1. The highest BCUT2D eigenvalue weighted by Gasteiger charge is 2.35. The number of carbonyl (C=O) groups is 2. The number of sulfonamides is 1. The molecule has 0 radical (unpaired) electrons. The third-order valence-electron chi connectivity index (χ3n) is 7.34. The summed E-state index contributed by atoms with van der Waals surface area (Å²) in [5.74, 6) is -1.37. The second kappa shape index (κ2) is 14.1. The van der Waals surface area contributed by atoms with Gasteiger partial charge in [0.1, 0.15) is 18.4 Å². The summed E-state index contributed by atoms with van der Waals surface area (Å²) >= 11 is 0. The Hall–Kier alpha value is -4.50. The van der Waals surface area contributed by atoms with Crippen LogP contribution in [0, 0.1) is 19.7 Å². The summed E-state index contributed by atoms with van der Waals surface area (Å²) < 4.78 is 43.0. The molecule has 7 nitrogen and oxygen atoms in total. The first kappa shape index (κ1) is 31.4. The van der Waals surface area contributed by atoms with Crippen LogP contribution in [0.15, 0.2) is 108 Å². The molecule has 1 atom stereocenters. The maximum atomic E-state index is 14.4. The monoisotopic (exact) mass is 601 g/mol. The molecule has 0 aliphatic carbocycles. The molecule has 0 aromatic heterocycles. The minimum absolute atomic E-state index is 0.0280.